The summed E-state index contributed by atoms with van der Waals surface area (Å²) < 4.78 is 7.70. The molecule has 0 spiro atoms. The first-order valence-corrected chi connectivity index (χ1v) is 7.50. The first-order chi connectivity index (χ1) is 9.79. The van der Waals surface area contributed by atoms with Gasteiger partial charge in [-0.05, 0) is 38.8 Å². The van der Waals surface area contributed by atoms with Crippen molar-refractivity contribution in [2.75, 3.05) is 13.7 Å². The molecule has 1 aromatic heterocycles. The van der Waals surface area contributed by atoms with E-state index in [0.717, 1.165) is 25.1 Å². The van der Waals surface area contributed by atoms with Crippen molar-refractivity contribution in [2.24, 2.45) is 7.05 Å². The van der Waals surface area contributed by atoms with E-state index in [4.69, 9.17) is 9.84 Å². The maximum atomic E-state index is 5.72. The molecule has 4 nitrogen and oxygen atoms in total. The fourth-order valence-electron chi connectivity index (χ4n) is 3.14. The van der Waals surface area contributed by atoms with Crippen LogP contribution in [-0.4, -0.2) is 29.5 Å². The molecule has 1 aliphatic rings. The van der Waals surface area contributed by atoms with Crippen molar-refractivity contribution in [3.63, 3.8) is 0 Å². The minimum atomic E-state index is 0.297. The highest BCUT2D eigenvalue weighted by Crippen LogP contribution is 2.28. The van der Waals surface area contributed by atoms with E-state index in [2.05, 4.69) is 29.6 Å². The summed E-state index contributed by atoms with van der Waals surface area (Å²) in [5.74, 6) is 0. The molecule has 2 heterocycles. The standard InChI is InChI=1S/C16H23N3O/c1-17-14(10-9-12-6-5-11-20-12)16-13-7-3-4-8-15(13)19(2)18-16/h3-4,7-8,12,14,17H,5-6,9-11H2,1-2H3. The second kappa shape index (κ2) is 5.94. The molecule has 1 aromatic carbocycles. The molecular weight excluding hydrogens is 250 g/mol. The third kappa shape index (κ3) is 2.58. The number of fused-ring (bicyclic) bond motifs is 1. The maximum Gasteiger partial charge on any atom is 0.0872 e. The number of ether oxygens (including phenoxy) is 1. The zero-order chi connectivity index (χ0) is 13.9. The number of hydrogen-bond donors (Lipinski definition) is 1. The van der Waals surface area contributed by atoms with Gasteiger partial charge in [-0.3, -0.25) is 4.68 Å². The quantitative estimate of drug-likeness (QED) is 0.910. The third-order valence-corrected chi connectivity index (χ3v) is 4.27. The number of aryl methyl sites for hydroxylation is 1. The summed E-state index contributed by atoms with van der Waals surface area (Å²) in [5, 5.41) is 9.39. The summed E-state index contributed by atoms with van der Waals surface area (Å²) in [4.78, 5) is 0. The van der Waals surface area contributed by atoms with Gasteiger partial charge in [0.2, 0.25) is 0 Å². The van der Waals surface area contributed by atoms with Crippen molar-refractivity contribution >= 4 is 10.9 Å². The van der Waals surface area contributed by atoms with Gasteiger partial charge in [-0.2, -0.15) is 5.10 Å². The van der Waals surface area contributed by atoms with E-state index in [1.54, 1.807) is 0 Å². The van der Waals surface area contributed by atoms with Gasteiger partial charge in [-0.15, -0.1) is 0 Å². The van der Waals surface area contributed by atoms with Crippen LogP contribution in [0.1, 0.15) is 37.4 Å². The zero-order valence-corrected chi connectivity index (χ0v) is 12.3. The van der Waals surface area contributed by atoms with Crippen LogP contribution in [0.5, 0.6) is 0 Å². The van der Waals surface area contributed by atoms with Gasteiger partial charge in [-0.25, -0.2) is 0 Å². The number of nitrogens with zero attached hydrogens (tertiary/aromatic N) is 2. The second-order valence-corrected chi connectivity index (χ2v) is 5.58. The van der Waals surface area contributed by atoms with Crippen LogP contribution in [0, 0.1) is 0 Å². The van der Waals surface area contributed by atoms with Gasteiger partial charge < -0.3 is 10.1 Å². The molecule has 0 saturated carbocycles. The Bertz CT molecular complexity index is 572. The fourth-order valence-corrected chi connectivity index (χ4v) is 3.14. The molecule has 2 aromatic rings. The van der Waals surface area contributed by atoms with Gasteiger partial charge in [0.1, 0.15) is 0 Å². The van der Waals surface area contributed by atoms with Crippen LogP contribution >= 0.6 is 0 Å². The largest absolute Gasteiger partial charge is 0.378 e. The van der Waals surface area contributed by atoms with Crippen LogP contribution in [0.3, 0.4) is 0 Å². The van der Waals surface area contributed by atoms with Crippen LogP contribution in [0.25, 0.3) is 10.9 Å². The first-order valence-electron chi connectivity index (χ1n) is 7.50. The number of para-hydroxylation sites is 1. The van der Waals surface area contributed by atoms with Crippen molar-refractivity contribution in [2.45, 2.75) is 37.8 Å². The molecule has 0 aliphatic carbocycles. The topological polar surface area (TPSA) is 39.1 Å². The molecule has 1 fully saturated rings. The van der Waals surface area contributed by atoms with E-state index < -0.39 is 0 Å². The van der Waals surface area contributed by atoms with E-state index in [0.29, 0.717) is 12.1 Å². The average Bonchev–Trinajstić information content (AvgIpc) is 3.09. The molecule has 0 radical (unpaired) electrons. The van der Waals surface area contributed by atoms with Crippen LogP contribution < -0.4 is 5.32 Å². The number of aromatic nitrogens is 2. The predicted octanol–water partition coefficient (Wildman–Crippen LogP) is 2.79. The molecule has 1 N–H and O–H groups in total. The molecule has 2 unspecified atom stereocenters. The van der Waals surface area contributed by atoms with Gasteiger partial charge >= 0.3 is 0 Å². The summed E-state index contributed by atoms with van der Waals surface area (Å²) in [6.45, 7) is 0.932. The number of rotatable bonds is 5. The Kier molecular flexibility index (Phi) is 4.03. The van der Waals surface area contributed by atoms with E-state index in [1.807, 2.05) is 18.8 Å². The van der Waals surface area contributed by atoms with Crippen LogP contribution in [0.2, 0.25) is 0 Å². The highest BCUT2D eigenvalue weighted by Gasteiger charge is 2.21. The Hall–Kier alpha value is -1.39. The molecule has 3 rings (SSSR count). The molecule has 108 valence electrons. The highest BCUT2D eigenvalue weighted by molar-refractivity contribution is 5.82. The highest BCUT2D eigenvalue weighted by atomic mass is 16.5. The monoisotopic (exact) mass is 273 g/mol. The number of benzene rings is 1. The van der Waals surface area contributed by atoms with E-state index in [1.165, 1.54) is 23.7 Å². The van der Waals surface area contributed by atoms with Gasteiger partial charge in [0.05, 0.1) is 23.4 Å². The SMILES string of the molecule is CNC(CCC1CCCO1)c1nn(C)c2ccccc12. The lowest BCUT2D eigenvalue weighted by Gasteiger charge is -2.16. The normalized spacial score (nSPS) is 20.6. The Labute approximate surface area is 120 Å². The van der Waals surface area contributed by atoms with Crippen LogP contribution in [0.15, 0.2) is 24.3 Å². The maximum absolute atomic E-state index is 5.72. The van der Waals surface area contributed by atoms with Crippen LogP contribution in [-0.2, 0) is 11.8 Å². The first kappa shape index (κ1) is 13.6. The molecule has 1 saturated heterocycles. The summed E-state index contributed by atoms with van der Waals surface area (Å²) in [6, 6.07) is 8.73. The predicted molar refractivity (Wildman–Crippen MR) is 80.7 cm³/mol. The smallest absolute Gasteiger partial charge is 0.0872 e. The van der Waals surface area contributed by atoms with Crippen molar-refractivity contribution in [1.82, 2.24) is 15.1 Å². The molecule has 4 heteroatoms. The Morgan fingerprint density at radius 2 is 2.30 bits per heavy atom. The van der Waals surface area contributed by atoms with E-state index in [9.17, 15) is 0 Å². The lowest BCUT2D eigenvalue weighted by molar-refractivity contribution is 0.0997. The van der Waals surface area contributed by atoms with Crippen LogP contribution in [0.4, 0.5) is 0 Å². The minimum absolute atomic E-state index is 0.297. The average molecular weight is 273 g/mol. The van der Waals surface area contributed by atoms with Crippen molar-refractivity contribution in [1.29, 1.82) is 0 Å². The Morgan fingerprint density at radius 3 is 3.05 bits per heavy atom. The van der Waals surface area contributed by atoms with Crippen molar-refractivity contribution in [3.05, 3.63) is 30.0 Å². The molecular formula is C16H23N3O. The van der Waals surface area contributed by atoms with Gasteiger partial charge in [0.25, 0.3) is 0 Å². The molecule has 0 amide bonds. The van der Waals surface area contributed by atoms with Crippen molar-refractivity contribution in [3.8, 4) is 0 Å². The zero-order valence-electron chi connectivity index (χ0n) is 12.3. The van der Waals surface area contributed by atoms with Gasteiger partial charge in [0, 0.05) is 19.0 Å². The summed E-state index contributed by atoms with van der Waals surface area (Å²) in [6.07, 6.45) is 5.04. The summed E-state index contributed by atoms with van der Waals surface area (Å²) in [5.41, 5.74) is 2.35. The lowest BCUT2D eigenvalue weighted by Crippen LogP contribution is -2.19. The van der Waals surface area contributed by atoms with Gasteiger partial charge in [-0.1, -0.05) is 18.2 Å². The van der Waals surface area contributed by atoms with Crippen molar-refractivity contribution < 1.29 is 4.74 Å². The molecule has 1 aliphatic heterocycles. The van der Waals surface area contributed by atoms with E-state index >= 15 is 0 Å². The number of hydrogen-bond acceptors (Lipinski definition) is 3. The molecule has 0 bridgehead atoms. The third-order valence-electron chi connectivity index (χ3n) is 4.27. The summed E-state index contributed by atoms with van der Waals surface area (Å²) in [7, 11) is 4.03. The second-order valence-electron chi connectivity index (χ2n) is 5.58. The molecule has 2 atom stereocenters. The lowest BCUT2D eigenvalue weighted by atomic mass is 10.0. The number of nitrogens with one attached hydrogen (secondary N) is 1. The fraction of sp³-hybridized carbons (Fsp3) is 0.562. The minimum Gasteiger partial charge on any atom is -0.378 e. The van der Waals surface area contributed by atoms with Gasteiger partial charge in [0.15, 0.2) is 0 Å². The Balaban J connectivity index is 1.79. The summed E-state index contributed by atoms with van der Waals surface area (Å²) >= 11 is 0. The Morgan fingerprint density at radius 1 is 1.45 bits per heavy atom. The van der Waals surface area contributed by atoms with E-state index in [-0.39, 0.29) is 0 Å². The molecule has 20 heavy (non-hydrogen) atoms.